The first-order chi connectivity index (χ1) is 6.33. The lowest BCUT2D eigenvalue weighted by Gasteiger charge is -2.06. The first-order valence-electron chi connectivity index (χ1n) is 4.03. The number of pyridine rings is 1. The SMILES string of the molecule is CNc1ccc(Br)c2cnccc12. The van der Waals surface area contributed by atoms with E-state index in [0.29, 0.717) is 0 Å². The summed E-state index contributed by atoms with van der Waals surface area (Å²) in [5.41, 5.74) is 1.13. The Hall–Kier alpha value is -1.09. The first-order valence-corrected chi connectivity index (χ1v) is 4.82. The van der Waals surface area contributed by atoms with Crippen molar-refractivity contribution in [1.82, 2.24) is 4.98 Å². The Morgan fingerprint density at radius 3 is 2.85 bits per heavy atom. The molecule has 0 aliphatic heterocycles. The van der Waals surface area contributed by atoms with Crippen LogP contribution in [0.4, 0.5) is 5.69 Å². The number of hydrogen-bond acceptors (Lipinski definition) is 2. The Labute approximate surface area is 85.1 Å². The lowest BCUT2D eigenvalue weighted by molar-refractivity contribution is 1.36. The van der Waals surface area contributed by atoms with Crippen LogP contribution in [0.5, 0.6) is 0 Å². The van der Waals surface area contributed by atoms with E-state index in [1.807, 2.05) is 31.4 Å². The molecule has 0 atom stereocenters. The van der Waals surface area contributed by atoms with Crippen molar-refractivity contribution in [3.8, 4) is 0 Å². The molecule has 2 aromatic rings. The number of aromatic nitrogens is 1. The molecule has 0 bridgehead atoms. The van der Waals surface area contributed by atoms with Crippen molar-refractivity contribution in [2.24, 2.45) is 0 Å². The fourth-order valence-electron chi connectivity index (χ4n) is 1.37. The molecule has 1 aromatic carbocycles. The highest BCUT2D eigenvalue weighted by molar-refractivity contribution is 9.10. The first kappa shape index (κ1) is 8.51. The van der Waals surface area contributed by atoms with Crippen LogP contribution in [0.3, 0.4) is 0 Å². The topological polar surface area (TPSA) is 24.9 Å². The van der Waals surface area contributed by atoms with Crippen molar-refractivity contribution in [3.63, 3.8) is 0 Å². The average Bonchev–Trinajstić information content (AvgIpc) is 2.19. The monoisotopic (exact) mass is 236 g/mol. The molecule has 0 radical (unpaired) electrons. The predicted molar refractivity (Wildman–Crippen MR) is 59.0 cm³/mol. The van der Waals surface area contributed by atoms with Crippen molar-refractivity contribution >= 4 is 32.4 Å². The molecular weight excluding hydrogens is 228 g/mol. The van der Waals surface area contributed by atoms with Gasteiger partial charge in [0, 0.05) is 40.4 Å². The highest BCUT2D eigenvalue weighted by Gasteiger charge is 2.01. The molecular formula is C10H9BrN2. The summed E-state index contributed by atoms with van der Waals surface area (Å²) in [4.78, 5) is 4.09. The van der Waals surface area contributed by atoms with E-state index in [9.17, 15) is 0 Å². The van der Waals surface area contributed by atoms with Crippen LogP contribution in [0.25, 0.3) is 10.8 Å². The van der Waals surface area contributed by atoms with Gasteiger partial charge in [0.25, 0.3) is 0 Å². The zero-order valence-corrected chi connectivity index (χ0v) is 8.80. The summed E-state index contributed by atoms with van der Waals surface area (Å²) in [6.45, 7) is 0. The molecule has 2 rings (SSSR count). The Balaban J connectivity index is 2.84. The van der Waals surface area contributed by atoms with Gasteiger partial charge in [-0.25, -0.2) is 0 Å². The molecule has 66 valence electrons. The molecule has 1 heterocycles. The van der Waals surface area contributed by atoms with E-state index in [1.165, 1.54) is 5.39 Å². The van der Waals surface area contributed by atoms with E-state index in [2.05, 4.69) is 26.2 Å². The van der Waals surface area contributed by atoms with E-state index in [0.717, 1.165) is 15.5 Å². The summed E-state index contributed by atoms with van der Waals surface area (Å²) in [6.07, 6.45) is 3.66. The van der Waals surface area contributed by atoms with Crippen molar-refractivity contribution in [2.75, 3.05) is 12.4 Å². The van der Waals surface area contributed by atoms with Crippen LogP contribution in [0, 0.1) is 0 Å². The number of nitrogens with zero attached hydrogens (tertiary/aromatic N) is 1. The summed E-state index contributed by atoms with van der Waals surface area (Å²) in [6, 6.07) is 6.08. The highest BCUT2D eigenvalue weighted by atomic mass is 79.9. The minimum absolute atomic E-state index is 1.08. The van der Waals surface area contributed by atoms with Crippen LogP contribution in [0.2, 0.25) is 0 Å². The molecule has 0 saturated carbocycles. The van der Waals surface area contributed by atoms with Gasteiger partial charge in [-0.05, 0) is 18.2 Å². The molecule has 3 heteroatoms. The Kier molecular flexibility index (Phi) is 2.19. The zero-order chi connectivity index (χ0) is 9.26. The Bertz CT molecular complexity index is 440. The summed E-state index contributed by atoms with van der Waals surface area (Å²) >= 11 is 3.49. The standard InChI is InChI=1S/C10H9BrN2/c1-12-10-3-2-9(11)8-6-13-5-4-7(8)10/h2-6,12H,1H3. The summed E-state index contributed by atoms with van der Waals surface area (Å²) < 4.78 is 1.08. The van der Waals surface area contributed by atoms with Crippen LogP contribution >= 0.6 is 15.9 Å². The minimum atomic E-state index is 1.08. The van der Waals surface area contributed by atoms with E-state index in [4.69, 9.17) is 0 Å². The third-order valence-electron chi connectivity index (χ3n) is 2.03. The number of halogens is 1. The zero-order valence-electron chi connectivity index (χ0n) is 7.21. The molecule has 0 spiro atoms. The van der Waals surface area contributed by atoms with Gasteiger partial charge in [0.2, 0.25) is 0 Å². The lowest BCUT2D eigenvalue weighted by atomic mass is 10.1. The summed E-state index contributed by atoms with van der Waals surface area (Å²) in [5.74, 6) is 0. The lowest BCUT2D eigenvalue weighted by Crippen LogP contribution is -1.89. The second-order valence-corrected chi connectivity index (χ2v) is 3.62. The van der Waals surface area contributed by atoms with Crippen molar-refractivity contribution in [2.45, 2.75) is 0 Å². The van der Waals surface area contributed by atoms with E-state index >= 15 is 0 Å². The van der Waals surface area contributed by atoms with Crippen LogP contribution in [-0.2, 0) is 0 Å². The number of hydrogen-bond donors (Lipinski definition) is 1. The van der Waals surface area contributed by atoms with Gasteiger partial charge >= 0.3 is 0 Å². The molecule has 0 aliphatic carbocycles. The minimum Gasteiger partial charge on any atom is -0.388 e. The molecule has 0 amide bonds. The second-order valence-electron chi connectivity index (χ2n) is 2.77. The van der Waals surface area contributed by atoms with Crippen LogP contribution in [0.15, 0.2) is 35.1 Å². The van der Waals surface area contributed by atoms with E-state index in [1.54, 1.807) is 6.20 Å². The van der Waals surface area contributed by atoms with Crippen LogP contribution in [-0.4, -0.2) is 12.0 Å². The second kappa shape index (κ2) is 3.34. The Morgan fingerprint density at radius 1 is 1.23 bits per heavy atom. The largest absolute Gasteiger partial charge is 0.388 e. The van der Waals surface area contributed by atoms with Gasteiger partial charge in [0.15, 0.2) is 0 Å². The number of rotatable bonds is 1. The fourth-order valence-corrected chi connectivity index (χ4v) is 1.82. The predicted octanol–water partition coefficient (Wildman–Crippen LogP) is 3.04. The maximum atomic E-state index is 4.09. The number of fused-ring (bicyclic) bond motifs is 1. The third-order valence-corrected chi connectivity index (χ3v) is 2.73. The van der Waals surface area contributed by atoms with Crippen LogP contribution in [0.1, 0.15) is 0 Å². The maximum absolute atomic E-state index is 4.09. The number of benzene rings is 1. The van der Waals surface area contributed by atoms with Crippen molar-refractivity contribution < 1.29 is 0 Å². The van der Waals surface area contributed by atoms with E-state index < -0.39 is 0 Å². The number of nitrogens with one attached hydrogen (secondary N) is 1. The van der Waals surface area contributed by atoms with Gasteiger partial charge in [0.1, 0.15) is 0 Å². The molecule has 0 aliphatic rings. The van der Waals surface area contributed by atoms with Gasteiger partial charge in [-0.15, -0.1) is 0 Å². The average molecular weight is 237 g/mol. The van der Waals surface area contributed by atoms with Gasteiger partial charge in [-0.1, -0.05) is 15.9 Å². The van der Waals surface area contributed by atoms with Gasteiger partial charge in [-0.2, -0.15) is 0 Å². The molecule has 1 N–H and O–H groups in total. The third kappa shape index (κ3) is 1.40. The fraction of sp³-hybridized carbons (Fsp3) is 0.100. The van der Waals surface area contributed by atoms with Gasteiger partial charge < -0.3 is 5.32 Å². The van der Waals surface area contributed by atoms with Crippen molar-refractivity contribution in [1.29, 1.82) is 0 Å². The highest BCUT2D eigenvalue weighted by Crippen LogP contribution is 2.28. The quantitative estimate of drug-likeness (QED) is 0.824. The van der Waals surface area contributed by atoms with E-state index in [-0.39, 0.29) is 0 Å². The molecule has 0 unspecified atom stereocenters. The summed E-state index contributed by atoms with van der Waals surface area (Å²) in [5, 5.41) is 5.47. The smallest absolute Gasteiger partial charge is 0.0419 e. The molecule has 0 saturated heterocycles. The molecule has 2 nitrogen and oxygen atoms in total. The van der Waals surface area contributed by atoms with Crippen LogP contribution < -0.4 is 5.32 Å². The number of anilines is 1. The Morgan fingerprint density at radius 2 is 2.08 bits per heavy atom. The summed E-state index contributed by atoms with van der Waals surface area (Å²) in [7, 11) is 1.92. The molecule has 0 fully saturated rings. The molecule has 1 aromatic heterocycles. The maximum Gasteiger partial charge on any atom is 0.0419 e. The molecule has 13 heavy (non-hydrogen) atoms. The van der Waals surface area contributed by atoms with Crippen molar-refractivity contribution in [3.05, 3.63) is 35.1 Å². The van der Waals surface area contributed by atoms with Gasteiger partial charge in [0.05, 0.1) is 0 Å². The normalized spacial score (nSPS) is 10.3. The van der Waals surface area contributed by atoms with Gasteiger partial charge in [-0.3, -0.25) is 4.98 Å².